The van der Waals surface area contributed by atoms with Gasteiger partial charge in [0.05, 0.1) is 11.3 Å². The minimum Gasteiger partial charge on any atom is -0.354 e. The molecule has 2 aromatic rings. The van der Waals surface area contributed by atoms with E-state index < -0.39 is 0 Å². The van der Waals surface area contributed by atoms with E-state index in [1.54, 1.807) is 0 Å². The van der Waals surface area contributed by atoms with Crippen LogP contribution in [-0.2, 0) is 6.42 Å². The lowest BCUT2D eigenvalue weighted by atomic mass is 9.94. The fourth-order valence-electron chi connectivity index (χ4n) is 3.22. The monoisotopic (exact) mass is 449 g/mol. The third kappa shape index (κ3) is 3.98. The van der Waals surface area contributed by atoms with Gasteiger partial charge < -0.3 is 15.5 Å². The van der Waals surface area contributed by atoms with Crippen molar-refractivity contribution in [3.05, 3.63) is 56.7 Å². The molecule has 1 amide bonds. The fraction of sp³-hybridized carbons (Fsp3) is 0.350. The zero-order valence-electron chi connectivity index (χ0n) is 14.7. The van der Waals surface area contributed by atoms with Crippen LogP contribution in [0, 0.1) is 3.57 Å². The highest BCUT2D eigenvalue weighted by molar-refractivity contribution is 14.1. The summed E-state index contributed by atoms with van der Waals surface area (Å²) in [5.74, 6) is 0.000266. The Bertz CT molecular complexity index is 772. The predicted octanol–water partition coefficient (Wildman–Crippen LogP) is 4.01. The zero-order valence-corrected chi connectivity index (χ0v) is 16.9. The lowest BCUT2D eigenvalue weighted by Crippen LogP contribution is -2.35. The third-order valence-corrected chi connectivity index (χ3v) is 5.63. The molecule has 5 heteroatoms. The van der Waals surface area contributed by atoms with Gasteiger partial charge in [-0.05, 0) is 58.9 Å². The standard InChI is InChI=1S/C20H24IN3O/c1-3-24(4-2)12-11-22-20(25)18-16(21)10-9-15-13-14-7-5-6-8-17(14)23-19(15)18/h5-10,23H,3-4,11-13H2,1-2H3,(H,22,25). The van der Waals surface area contributed by atoms with Crippen LogP contribution in [0.2, 0.25) is 0 Å². The van der Waals surface area contributed by atoms with E-state index in [0.717, 1.165) is 46.6 Å². The van der Waals surface area contributed by atoms with Crippen LogP contribution in [0.3, 0.4) is 0 Å². The fourth-order valence-corrected chi connectivity index (χ4v) is 3.92. The summed E-state index contributed by atoms with van der Waals surface area (Å²) >= 11 is 2.25. The molecule has 0 saturated carbocycles. The van der Waals surface area contributed by atoms with Crippen LogP contribution >= 0.6 is 22.6 Å². The Balaban J connectivity index is 1.80. The van der Waals surface area contributed by atoms with Gasteiger partial charge in [0.1, 0.15) is 0 Å². The van der Waals surface area contributed by atoms with Crippen molar-refractivity contribution in [3.8, 4) is 0 Å². The zero-order chi connectivity index (χ0) is 17.8. The number of hydrogen-bond donors (Lipinski definition) is 2. The van der Waals surface area contributed by atoms with E-state index in [1.807, 2.05) is 12.1 Å². The first kappa shape index (κ1) is 18.2. The van der Waals surface area contributed by atoms with Crippen molar-refractivity contribution < 1.29 is 4.79 Å². The second kappa shape index (κ2) is 8.19. The topological polar surface area (TPSA) is 44.4 Å². The maximum Gasteiger partial charge on any atom is 0.254 e. The average molecular weight is 449 g/mol. The number of rotatable bonds is 6. The first-order valence-corrected chi connectivity index (χ1v) is 9.88. The summed E-state index contributed by atoms with van der Waals surface area (Å²) in [7, 11) is 0. The highest BCUT2D eigenvalue weighted by Gasteiger charge is 2.23. The van der Waals surface area contributed by atoms with E-state index in [4.69, 9.17) is 0 Å². The first-order valence-electron chi connectivity index (χ1n) is 8.80. The molecule has 0 fully saturated rings. The van der Waals surface area contributed by atoms with Gasteiger partial charge in [-0.15, -0.1) is 0 Å². The molecule has 4 nitrogen and oxygen atoms in total. The molecular formula is C20H24IN3O. The Morgan fingerprint density at radius 1 is 1.16 bits per heavy atom. The van der Waals surface area contributed by atoms with Crippen molar-refractivity contribution in [1.29, 1.82) is 0 Å². The molecule has 1 aliphatic rings. The molecule has 0 radical (unpaired) electrons. The molecule has 2 aromatic carbocycles. The number of hydrogen-bond acceptors (Lipinski definition) is 3. The maximum atomic E-state index is 12.8. The van der Waals surface area contributed by atoms with Gasteiger partial charge in [0.2, 0.25) is 0 Å². The number of carbonyl (C=O) groups excluding carboxylic acids is 1. The van der Waals surface area contributed by atoms with Crippen LogP contribution < -0.4 is 10.6 Å². The smallest absolute Gasteiger partial charge is 0.254 e. The van der Waals surface area contributed by atoms with Crippen LogP contribution in [0.1, 0.15) is 35.3 Å². The van der Waals surface area contributed by atoms with Gasteiger partial charge >= 0.3 is 0 Å². The Kier molecular flexibility index (Phi) is 5.96. The predicted molar refractivity (Wildman–Crippen MR) is 112 cm³/mol. The molecule has 2 N–H and O–H groups in total. The number of para-hydroxylation sites is 1. The Hall–Kier alpha value is -1.60. The summed E-state index contributed by atoms with van der Waals surface area (Å²) < 4.78 is 0.976. The molecule has 1 aliphatic heterocycles. The van der Waals surface area contributed by atoms with Gasteiger partial charge in [0.15, 0.2) is 0 Å². The summed E-state index contributed by atoms with van der Waals surface area (Å²) in [5.41, 5.74) is 5.24. The quantitative estimate of drug-likeness (QED) is 0.559. The number of nitrogens with one attached hydrogen (secondary N) is 2. The van der Waals surface area contributed by atoms with Crippen LogP contribution in [0.15, 0.2) is 36.4 Å². The van der Waals surface area contributed by atoms with Crippen molar-refractivity contribution in [3.63, 3.8) is 0 Å². The molecule has 0 spiro atoms. The van der Waals surface area contributed by atoms with Crippen molar-refractivity contribution >= 4 is 39.9 Å². The number of carbonyl (C=O) groups is 1. The number of likely N-dealkylation sites (N-methyl/N-ethyl adjacent to an activating group) is 1. The van der Waals surface area contributed by atoms with Gasteiger partial charge in [-0.25, -0.2) is 0 Å². The van der Waals surface area contributed by atoms with Crippen LogP contribution in [0.5, 0.6) is 0 Å². The van der Waals surface area contributed by atoms with Crippen molar-refractivity contribution in [1.82, 2.24) is 10.2 Å². The number of nitrogens with zero attached hydrogens (tertiary/aromatic N) is 1. The largest absolute Gasteiger partial charge is 0.354 e. The maximum absolute atomic E-state index is 12.8. The van der Waals surface area contributed by atoms with Crippen LogP contribution in [-0.4, -0.2) is 37.0 Å². The lowest BCUT2D eigenvalue weighted by Gasteiger charge is -2.25. The average Bonchev–Trinajstić information content (AvgIpc) is 2.63. The number of benzene rings is 2. The molecule has 0 aliphatic carbocycles. The minimum absolute atomic E-state index is 0.000266. The molecule has 0 unspecified atom stereocenters. The highest BCUT2D eigenvalue weighted by atomic mass is 127. The van der Waals surface area contributed by atoms with Crippen molar-refractivity contribution in [2.45, 2.75) is 20.3 Å². The summed E-state index contributed by atoms with van der Waals surface area (Å²) in [6.45, 7) is 7.83. The number of halogens is 1. The second-order valence-electron chi connectivity index (χ2n) is 6.20. The summed E-state index contributed by atoms with van der Waals surface area (Å²) in [6, 6.07) is 12.4. The minimum atomic E-state index is 0.000266. The van der Waals surface area contributed by atoms with E-state index >= 15 is 0 Å². The van der Waals surface area contributed by atoms with Crippen molar-refractivity contribution in [2.75, 3.05) is 31.5 Å². The van der Waals surface area contributed by atoms with E-state index in [1.165, 1.54) is 11.1 Å². The number of anilines is 2. The van der Waals surface area contributed by atoms with E-state index in [2.05, 4.69) is 76.2 Å². The van der Waals surface area contributed by atoms with Crippen LogP contribution in [0.4, 0.5) is 11.4 Å². The van der Waals surface area contributed by atoms with Gasteiger partial charge in [-0.1, -0.05) is 38.1 Å². The molecular weight excluding hydrogens is 425 g/mol. The number of fused-ring (bicyclic) bond motifs is 2. The van der Waals surface area contributed by atoms with E-state index in [0.29, 0.717) is 6.54 Å². The molecule has 1 heterocycles. The first-order chi connectivity index (χ1) is 12.1. The summed E-state index contributed by atoms with van der Waals surface area (Å²) in [6.07, 6.45) is 0.856. The molecule has 3 rings (SSSR count). The summed E-state index contributed by atoms with van der Waals surface area (Å²) in [5, 5.41) is 6.56. The van der Waals surface area contributed by atoms with Crippen molar-refractivity contribution in [2.24, 2.45) is 0 Å². The lowest BCUT2D eigenvalue weighted by molar-refractivity contribution is 0.0949. The highest BCUT2D eigenvalue weighted by Crippen LogP contribution is 2.36. The molecule has 0 saturated heterocycles. The number of amides is 1. The molecule has 0 atom stereocenters. The van der Waals surface area contributed by atoms with Gasteiger partial charge in [0.25, 0.3) is 5.91 Å². The Labute approximate surface area is 163 Å². The summed E-state index contributed by atoms with van der Waals surface area (Å²) in [4.78, 5) is 15.1. The third-order valence-electron chi connectivity index (χ3n) is 4.73. The van der Waals surface area contributed by atoms with E-state index in [-0.39, 0.29) is 5.91 Å². The van der Waals surface area contributed by atoms with E-state index in [9.17, 15) is 4.79 Å². The molecule has 132 valence electrons. The molecule has 25 heavy (non-hydrogen) atoms. The van der Waals surface area contributed by atoms with Gasteiger partial charge in [-0.3, -0.25) is 4.79 Å². The van der Waals surface area contributed by atoms with Gasteiger partial charge in [0, 0.05) is 28.8 Å². The van der Waals surface area contributed by atoms with Gasteiger partial charge in [-0.2, -0.15) is 0 Å². The van der Waals surface area contributed by atoms with Crippen LogP contribution in [0.25, 0.3) is 0 Å². The molecule has 0 aromatic heterocycles. The Morgan fingerprint density at radius 2 is 1.92 bits per heavy atom. The SMILES string of the molecule is CCN(CC)CCNC(=O)c1c(I)ccc2c1Nc1ccccc1C2. The normalized spacial score (nSPS) is 12.3. The Morgan fingerprint density at radius 3 is 2.68 bits per heavy atom. The second-order valence-corrected chi connectivity index (χ2v) is 7.36. The molecule has 0 bridgehead atoms.